The van der Waals surface area contributed by atoms with Crippen molar-refractivity contribution in [1.29, 1.82) is 0 Å². The Labute approximate surface area is 78.1 Å². The molecule has 0 saturated heterocycles. The van der Waals surface area contributed by atoms with Crippen molar-refractivity contribution in [2.45, 2.75) is 19.3 Å². The molecular formula is C10H14N2O. The SMILES string of the molecule is COc1cc2c(cn1)NCC2(C)C. The summed E-state index contributed by atoms with van der Waals surface area (Å²) in [6, 6.07) is 2.01. The molecule has 0 atom stereocenters. The molecule has 0 unspecified atom stereocenters. The van der Waals surface area contributed by atoms with E-state index < -0.39 is 0 Å². The number of hydrogen-bond acceptors (Lipinski definition) is 3. The fourth-order valence-corrected chi connectivity index (χ4v) is 1.66. The van der Waals surface area contributed by atoms with Crippen molar-refractivity contribution in [2.24, 2.45) is 0 Å². The van der Waals surface area contributed by atoms with E-state index in [0.29, 0.717) is 5.88 Å². The van der Waals surface area contributed by atoms with Gasteiger partial charge in [-0.05, 0) is 5.56 Å². The predicted molar refractivity (Wildman–Crippen MR) is 52.3 cm³/mol. The van der Waals surface area contributed by atoms with Crippen LogP contribution in [0, 0.1) is 0 Å². The Morgan fingerprint density at radius 1 is 1.54 bits per heavy atom. The van der Waals surface area contributed by atoms with Crippen molar-refractivity contribution < 1.29 is 4.74 Å². The highest BCUT2D eigenvalue weighted by atomic mass is 16.5. The zero-order valence-corrected chi connectivity index (χ0v) is 8.22. The highest BCUT2D eigenvalue weighted by Gasteiger charge is 2.30. The van der Waals surface area contributed by atoms with Gasteiger partial charge in [0.25, 0.3) is 0 Å². The second kappa shape index (κ2) is 2.62. The van der Waals surface area contributed by atoms with Crippen molar-refractivity contribution in [3.05, 3.63) is 17.8 Å². The van der Waals surface area contributed by atoms with Gasteiger partial charge in [-0.3, -0.25) is 0 Å². The molecule has 2 rings (SSSR count). The van der Waals surface area contributed by atoms with Crippen molar-refractivity contribution in [3.63, 3.8) is 0 Å². The third-order valence-corrected chi connectivity index (χ3v) is 2.54. The maximum Gasteiger partial charge on any atom is 0.213 e. The van der Waals surface area contributed by atoms with E-state index in [1.54, 1.807) is 7.11 Å². The largest absolute Gasteiger partial charge is 0.481 e. The Bertz CT molecular complexity index is 334. The Morgan fingerprint density at radius 2 is 2.31 bits per heavy atom. The third-order valence-electron chi connectivity index (χ3n) is 2.54. The monoisotopic (exact) mass is 178 g/mol. The number of nitrogens with zero attached hydrogens (tertiary/aromatic N) is 1. The number of rotatable bonds is 1. The summed E-state index contributed by atoms with van der Waals surface area (Å²) in [5, 5.41) is 3.32. The summed E-state index contributed by atoms with van der Waals surface area (Å²) in [7, 11) is 1.64. The lowest BCUT2D eigenvalue weighted by Gasteiger charge is -2.16. The number of anilines is 1. The average molecular weight is 178 g/mol. The highest BCUT2D eigenvalue weighted by Crippen LogP contribution is 2.36. The lowest BCUT2D eigenvalue weighted by molar-refractivity contribution is 0.396. The van der Waals surface area contributed by atoms with Crippen LogP contribution in [0.2, 0.25) is 0 Å². The smallest absolute Gasteiger partial charge is 0.213 e. The van der Waals surface area contributed by atoms with Crippen LogP contribution in [0.3, 0.4) is 0 Å². The van der Waals surface area contributed by atoms with E-state index in [1.807, 2.05) is 12.3 Å². The number of nitrogens with one attached hydrogen (secondary N) is 1. The fourth-order valence-electron chi connectivity index (χ4n) is 1.66. The summed E-state index contributed by atoms with van der Waals surface area (Å²) < 4.78 is 5.09. The zero-order valence-electron chi connectivity index (χ0n) is 8.22. The summed E-state index contributed by atoms with van der Waals surface area (Å²) in [5.41, 5.74) is 2.61. The molecule has 70 valence electrons. The van der Waals surface area contributed by atoms with Crippen molar-refractivity contribution in [3.8, 4) is 5.88 Å². The molecule has 0 aromatic carbocycles. The van der Waals surface area contributed by atoms with E-state index in [4.69, 9.17) is 4.74 Å². The fraction of sp³-hybridized carbons (Fsp3) is 0.500. The van der Waals surface area contributed by atoms with Gasteiger partial charge in [0.05, 0.1) is 19.0 Å². The van der Waals surface area contributed by atoms with Crippen LogP contribution in [0.25, 0.3) is 0 Å². The van der Waals surface area contributed by atoms with Gasteiger partial charge in [0.1, 0.15) is 0 Å². The molecule has 1 aromatic rings. The van der Waals surface area contributed by atoms with Crippen molar-refractivity contribution in [1.82, 2.24) is 4.98 Å². The predicted octanol–water partition coefficient (Wildman–Crippen LogP) is 1.79. The number of ether oxygens (including phenoxy) is 1. The van der Waals surface area contributed by atoms with Gasteiger partial charge in [0.15, 0.2) is 0 Å². The topological polar surface area (TPSA) is 34.1 Å². The van der Waals surface area contributed by atoms with Crippen molar-refractivity contribution in [2.75, 3.05) is 19.0 Å². The first-order valence-electron chi connectivity index (χ1n) is 4.42. The number of aromatic nitrogens is 1. The summed E-state index contributed by atoms with van der Waals surface area (Å²) in [6.45, 7) is 5.40. The second-order valence-electron chi connectivity index (χ2n) is 4.01. The first-order valence-corrected chi connectivity index (χ1v) is 4.42. The minimum absolute atomic E-state index is 0.186. The molecule has 1 aromatic heterocycles. The van der Waals surface area contributed by atoms with Crippen LogP contribution in [-0.4, -0.2) is 18.6 Å². The van der Waals surface area contributed by atoms with Gasteiger partial charge >= 0.3 is 0 Å². The lowest BCUT2D eigenvalue weighted by atomic mass is 9.88. The van der Waals surface area contributed by atoms with Crippen molar-refractivity contribution >= 4 is 5.69 Å². The maximum atomic E-state index is 5.09. The standard InChI is InChI=1S/C10H14N2O/c1-10(2)6-12-8-5-11-9(13-3)4-7(8)10/h4-5,12H,6H2,1-3H3. The minimum Gasteiger partial charge on any atom is -0.481 e. The van der Waals surface area contributed by atoms with Crippen LogP contribution in [0.1, 0.15) is 19.4 Å². The molecule has 2 heterocycles. The first-order chi connectivity index (χ1) is 6.13. The normalized spacial score (nSPS) is 17.8. The Morgan fingerprint density at radius 3 is 3.00 bits per heavy atom. The molecular weight excluding hydrogens is 164 g/mol. The van der Waals surface area contributed by atoms with Crippen LogP contribution in [0.4, 0.5) is 5.69 Å². The molecule has 1 aliphatic rings. The summed E-state index contributed by atoms with van der Waals surface area (Å²) in [6.07, 6.45) is 1.84. The highest BCUT2D eigenvalue weighted by molar-refractivity contribution is 5.59. The summed E-state index contributed by atoms with van der Waals surface area (Å²) >= 11 is 0. The molecule has 0 spiro atoms. The molecule has 3 heteroatoms. The number of hydrogen-bond donors (Lipinski definition) is 1. The van der Waals surface area contributed by atoms with E-state index in [1.165, 1.54) is 5.56 Å². The Balaban J connectivity index is 2.50. The van der Waals surface area contributed by atoms with Gasteiger partial charge in [0.2, 0.25) is 5.88 Å². The van der Waals surface area contributed by atoms with Crippen LogP contribution < -0.4 is 10.1 Å². The number of methoxy groups -OCH3 is 1. The van der Waals surface area contributed by atoms with E-state index in [0.717, 1.165) is 12.2 Å². The number of fused-ring (bicyclic) bond motifs is 1. The van der Waals surface area contributed by atoms with E-state index in [-0.39, 0.29) is 5.41 Å². The van der Waals surface area contributed by atoms with Crippen LogP contribution in [-0.2, 0) is 5.41 Å². The third kappa shape index (κ3) is 1.24. The van der Waals surface area contributed by atoms with E-state index >= 15 is 0 Å². The van der Waals surface area contributed by atoms with Crippen LogP contribution in [0.15, 0.2) is 12.3 Å². The zero-order chi connectivity index (χ0) is 9.47. The minimum atomic E-state index is 0.186. The van der Waals surface area contributed by atoms with Gasteiger partial charge in [-0.2, -0.15) is 0 Å². The molecule has 1 aliphatic heterocycles. The van der Waals surface area contributed by atoms with Gasteiger partial charge in [-0.1, -0.05) is 13.8 Å². The number of pyridine rings is 1. The molecule has 0 fully saturated rings. The molecule has 1 N–H and O–H groups in total. The maximum absolute atomic E-state index is 5.09. The van der Waals surface area contributed by atoms with Gasteiger partial charge < -0.3 is 10.1 Å². The molecule has 0 bridgehead atoms. The Kier molecular flexibility index (Phi) is 1.68. The second-order valence-corrected chi connectivity index (χ2v) is 4.01. The molecule has 0 radical (unpaired) electrons. The molecule has 0 aliphatic carbocycles. The van der Waals surface area contributed by atoms with Gasteiger partial charge in [-0.15, -0.1) is 0 Å². The summed E-state index contributed by atoms with van der Waals surface area (Å²) in [5.74, 6) is 0.690. The van der Waals surface area contributed by atoms with E-state index in [9.17, 15) is 0 Å². The van der Waals surface area contributed by atoms with Crippen LogP contribution >= 0.6 is 0 Å². The van der Waals surface area contributed by atoms with Gasteiger partial charge in [-0.25, -0.2) is 4.98 Å². The average Bonchev–Trinajstić information content (AvgIpc) is 2.42. The molecule has 0 amide bonds. The molecule has 13 heavy (non-hydrogen) atoms. The first kappa shape index (κ1) is 8.35. The Hall–Kier alpha value is -1.25. The lowest BCUT2D eigenvalue weighted by Crippen LogP contribution is -2.18. The van der Waals surface area contributed by atoms with Crippen LogP contribution in [0.5, 0.6) is 5.88 Å². The quantitative estimate of drug-likeness (QED) is 0.712. The summed E-state index contributed by atoms with van der Waals surface area (Å²) in [4.78, 5) is 4.15. The molecule has 0 saturated carbocycles. The van der Waals surface area contributed by atoms with E-state index in [2.05, 4.69) is 24.1 Å². The van der Waals surface area contributed by atoms with Gasteiger partial charge in [0, 0.05) is 18.0 Å². The molecule has 3 nitrogen and oxygen atoms in total.